The van der Waals surface area contributed by atoms with Crippen molar-refractivity contribution in [1.82, 2.24) is 15.2 Å². The van der Waals surface area contributed by atoms with Crippen molar-refractivity contribution >= 4 is 5.91 Å². The van der Waals surface area contributed by atoms with Crippen molar-refractivity contribution in [2.24, 2.45) is 0 Å². The number of amides is 1. The smallest absolute Gasteiger partial charge is 0.270 e. The van der Waals surface area contributed by atoms with Crippen LogP contribution in [0, 0.1) is 5.95 Å². The fourth-order valence-electron chi connectivity index (χ4n) is 1.63. The fraction of sp³-hybridized carbons (Fsp3) is 0.500. The first-order valence-corrected chi connectivity index (χ1v) is 5.58. The summed E-state index contributed by atoms with van der Waals surface area (Å²) in [7, 11) is 3.65. The van der Waals surface area contributed by atoms with Crippen molar-refractivity contribution in [2.75, 3.05) is 27.2 Å². The predicted molar refractivity (Wildman–Crippen MR) is 65.7 cm³/mol. The maximum atomic E-state index is 12.8. The number of hydrogen-bond donors (Lipinski definition) is 2. The highest BCUT2D eigenvalue weighted by atomic mass is 19.1. The molecule has 0 aliphatic carbocycles. The minimum atomic E-state index is -1.05. The molecule has 1 aromatic rings. The molecule has 1 aromatic heterocycles. The van der Waals surface area contributed by atoms with Crippen LogP contribution in [-0.2, 0) is 0 Å². The van der Waals surface area contributed by atoms with Gasteiger partial charge in [-0.2, -0.15) is 4.39 Å². The zero-order valence-corrected chi connectivity index (χ0v) is 10.8. The van der Waals surface area contributed by atoms with Gasteiger partial charge in [0.25, 0.3) is 5.91 Å². The molecule has 0 spiro atoms. The monoisotopic (exact) mass is 255 g/mol. The van der Waals surface area contributed by atoms with Gasteiger partial charge < -0.3 is 15.3 Å². The Morgan fingerprint density at radius 3 is 2.78 bits per heavy atom. The summed E-state index contributed by atoms with van der Waals surface area (Å²) in [6.45, 7) is 2.10. The van der Waals surface area contributed by atoms with Gasteiger partial charge >= 0.3 is 0 Å². The molecule has 1 rings (SSSR count). The summed E-state index contributed by atoms with van der Waals surface area (Å²) in [6, 6.07) is 3.99. The SMILES string of the molecule is CN(C)CC(C)(O)CNC(=O)c1cccc(F)n1. The van der Waals surface area contributed by atoms with Crippen molar-refractivity contribution < 1.29 is 14.3 Å². The number of hydrogen-bond acceptors (Lipinski definition) is 4. The molecule has 0 aliphatic heterocycles. The lowest BCUT2D eigenvalue weighted by atomic mass is 10.1. The highest BCUT2D eigenvalue weighted by Gasteiger charge is 2.22. The van der Waals surface area contributed by atoms with Crippen LogP contribution in [0.25, 0.3) is 0 Å². The van der Waals surface area contributed by atoms with Crippen LogP contribution >= 0.6 is 0 Å². The third kappa shape index (κ3) is 4.77. The van der Waals surface area contributed by atoms with Crippen LogP contribution in [0.1, 0.15) is 17.4 Å². The maximum absolute atomic E-state index is 12.8. The number of rotatable bonds is 5. The van der Waals surface area contributed by atoms with Gasteiger partial charge in [-0.1, -0.05) is 6.07 Å². The van der Waals surface area contributed by atoms with Gasteiger partial charge in [-0.15, -0.1) is 0 Å². The normalized spacial score (nSPS) is 14.3. The predicted octanol–water partition coefficient (Wildman–Crippen LogP) is 0.263. The van der Waals surface area contributed by atoms with Crippen LogP contribution in [0.5, 0.6) is 0 Å². The van der Waals surface area contributed by atoms with E-state index < -0.39 is 17.5 Å². The highest BCUT2D eigenvalue weighted by molar-refractivity contribution is 5.92. The first kappa shape index (κ1) is 14.5. The number of carbonyl (C=O) groups is 1. The van der Waals surface area contributed by atoms with Crippen LogP contribution in [0.15, 0.2) is 18.2 Å². The average Bonchev–Trinajstić information content (AvgIpc) is 2.24. The van der Waals surface area contributed by atoms with Crippen molar-refractivity contribution in [3.05, 3.63) is 29.8 Å². The minimum absolute atomic E-state index is 0.00402. The number of aliphatic hydroxyl groups is 1. The molecule has 6 heteroatoms. The number of aromatic nitrogens is 1. The molecule has 0 radical (unpaired) electrons. The van der Waals surface area contributed by atoms with E-state index in [0.29, 0.717) is 6.54 Å². The van der Waals surface area contributed by atoms with Crippen molar-refractivity contribution in [1.29, 1.82) is 0 Å². The summed E-state index contributed by atoms with van der Waals surface area (Å²) in [6.07, 6.45) is 0. The number of halogens is 1. The molecule has 0 aliphatic rings. The molecule has 0 aromatic carbocycles. The van der Waals surface area contributed by atoms with E-state index in [0.717, 1.165) is 0 Å². The van der Waals surface area contributed by atoms with Gasteiger partial charge in [-0.3, -0.25) is 4.79 Å². The second kappa shape index (κ2) is 5.88. The Labute approximate surface area is 106 Å². The minimum Gasteiger partial charge on any atom is -0.387 e. The molecule has 100 valence electrons. The topological polar surface area (TPSA) is 65.5 Å². The molecule has 1 unspecified atom stereocenters. The van der Waals surface area contributed by atoms with Gasteiger partial charge in [0.1, 0.15) is 5.69 Å². The second-order valence-corrected chi connectivity index (χ2v) is 4.76. The Bertz CT molecular complexity index is 422. The van der Waals surface area contributed by atoms with Gasteiger partial charge in [0.05, 0.1) is 5.60 Å². The van der Waals surface area contributed by atoms with Crippen LogP contribution in [0.4, 0.5) is 4.39 Å². The molecule has 2 N–H and O–H groups in total. The van der Waals surface area contributed by atoms with E-state index in [-0.39, 0.29) is 12.2 Å². The fourth-order valence-corrected chi connectivity index (χ4v) is 1.63. The zero-order valence-electron chi connectivity index (χ0n) is 10.8. The van der Waals surface area contributed by atoms with E-state index in [1.165, 1.54) is 18.2 Å². The average molecular weight is 255 g/mol. The van der Waals surface area contributed by atoms with E-state index in [2.05, 4.69) is 10.3 Å². The number of pyridine rings is 1. The summed E-state index contributed by atoms with van der Waals surface area (Å²) >= 11 is 0. The summed E-state index contributed by atoms with van der Waals surface area (Å²) in [5.41, 5.74) is -1.05. The lowest BCUT2D eigenvalue weighted by Gasteiger charge is -2.26. The lowest BCUT2D eigenvalue weighted by Crippen LogP contribution is -2.47. The van der Waals surface area contributed by atoms with Gasteiger partial charge in [0.15, 0.2) is 0 Å². The summed E-state index contributed by atoms with van der Waals surface area (Å²) < 4.78 is 12.8. The second-order valence-electron chi connectivity index (χ2n) is 4.76. The molecule has 0 saturated heterocycles. The van der Waals surface area contributed by atoms with Crippen molar-refractivity contribution in [2.45, 2.75) is 12.5 Å². The molecular weight excluding hydrogens is 237 g/mol. The van der Waals surface area contributed by atoms with Crippen LogP contribution < -0.4 is 5.32 Å². The van der Waals surface area contributed by atoms with E-state index in [4.69, 9.17) is 0 Å². The molecule has 1 heterocycles. The molecule has 5 nitrogen and oxygen atoms in total. The van der Waals surface area contributed by atoms with Crippen LogP contribution in [0.3, 0.4) is 0 Å². The van der Waals surface area contributed by atoms with E-state index in [9.17, 15) is 14.3 Å². The molecular formula is C12H18FN3O2. The summed E-state index contributed by atoms with van der Waals surface area (Å²) in [5, 5.41) is 12.5. The zero-order chi connectivity index (χ0) is 13.8. The molecule has 1 amide bonds. The maximum Gasteiger partial charge on any atom is 0.270 e. The first-order chi connectivity index (χ1) is 8.30. The van der Waals surface area contributed by atoms with Crippen LogP contribution in [0.2, 0.25) is 0 Å². The van der Waals surface area contributed by atoms with E-state index in [1.54, 1.807) is 6.92 Å². The largest absolute Gasteiger partial charge is 0.387 e. The lowest BCUT2D eigenvalue weighted by molar-refractivity contribution is 0.0325. The number of nitrogens with zero attached hydrogens (tertiary/aromatic N) is 2. The third-order valence-corrected chi connectivity index (χ3v) is 2.23. The number of carbonyl (C=O) groups excluding carboxylic acids is 1. The quantitative estimate of drug-likeness (QED) is 0.741. The van der Waals surface area contributed by atoms with Gasteiger partial charge in [0, 0.05) is 13.1 Å². The van der Waals surface area contributed by atoms with Crippen molar-refractivity contribution in [3.8, 4) is 0 Å². The highest BCUT2D eigenvalue weighted by Crippen LogP contribution is 2.04. The molecule has 1 atom stereocenters. The van der Waals surface area contributed by atoms with Gasteiger partial charge in [-0.25, -0.2) is 4.98 Å². The van der Waals surface area contributed by atoms with Gasteiger partial charge in [-0.05, 0) is 33.2 Å². The third-order valence-electron chi connectivity index (χ3n) is 2.23. The number of likely N-dealkylation sites (N-methyl/N-ethyl adjacent to an activating group) is 1. The van der Waals surface area contributed by atoms with Crippen molar-refractivity contribution in [3.63, 3.8) is 0 Å². The van der Waals surface area contributed by atoms with Crippen LogP contribution in [-0.4, -0.2) is 53.7 Å². The molecule has 18 heavy (non-hydrogen) atoms. The van der Waals surface area contributed by atoms with E-state index >= 15 is 0 Å². The Kier molecular flexibility index (Phi) is 4.75. The molecule has 0 fully saturated rings. The Morgan fingerprint density at radius 1 is 1.56 bits per heavy atom. The Hall–Kier alpha value is -1.53. The Morgan fingerprint density at radius 2 is 2.22 bits per heavy atom. The summed E-state index contributed by atoms with van der Waals surface area (Å²) in [5.74, 6) is -1.21. The number of nitrogens with one attached hydrogen (secondary N) is 1. The van der Waals surface area contributed by atoms with Gasteiger partial charge in [0.2, 0.25) is 5.95 Å². The molecule has 0 saturated carbocycles. The first-order valence-electron chi connectivity index (χ1n) is 5.58. The van der Waals surface area contributed by atoms with E-state index in [1.807, 2.05) is 19.0 Å². The standard InChI is InChI=1S/C12H18FN3O2/c1-12(18,8-16(2)3)7-14-11(17)9-5-4-6-10(13)15-9/h4-6,18H,7-8H2,1-3H3,(H,14,17). The Balaban J connectivity index is 2.56. The summed E-state index contributed by atoms with van der Waals surface area (Å²) in [4.78, 5) is 16.9. The molecule has 0 bridgehead atoms.